The van der Waals surface area contributed by atoms with Gasteiger partial charge in [0.2, 0.25) is 0 Å². The van der Waals surface area contributed by atoms with E-state index in [0.717, 1.165) is 12.1 Å². The predicted octanol–water partition coefficient (Wildman–Crippen LogP) is 3.58. The molecule has 0 atom stereocenters. The summed E-state index contributed by atoms with van der Waals surface area (Å²) in [7, 11) is 0. The van der Waals surface area contributed by atoms with Gasteiger partial charge in [0.1, 0.15) is 0 Å². The molecule has 0 aliphatic carbocycles. The zero-order chi connectivity index (χ0) is 10.7. The summed E-state index contributed by atoms with van der Waals surface area (Å²) in [6.45, 7) is 4.35. The van der Waals surface area contributed by atoms with E-state index in [4.69, 9.17) is 5.73 Å². The van der Waals surface area contributed by atoms with Gasteiger partial charge in [0.25, 0.3) is 0 Å². The van der Waals surface area contributed by atoms with Gasteiger partial charge in [0.15, 0.2) is 0 Å². The maximum Gasteiger partial charge on any atom is 0.0593 e. The summed E-state index contributed by atoms with van der Waals surface area (Å²) in [5.41, 5.74) is 9.81. The largest absolute Gasteiger partial charge is 0.397 e. The molecule has 0 radical (unpaired) electrons. The van der Waals surface area contributed by atoms with E-state index >= 15 is 0 Å². The summed E-state index contributed by atoms with van der Waals surface area (Å²) in [6, 6.07) is 2.19. The molecular weight excluding hydrogens is 210 g/mol. The fraction of sp³-hybridized carbons (Fsp3) is 0.455. The number of rotatable bonds is 3. The van der Waals surface area contributed by atoms with Gasteiger partial charge in [-0.1, -0.05) is 6.92 Å². The third-order valence-corrected chi connectivity index (χ3v) is 4.04. The summed E-state index contributed by atoms with van der Waals surface area (Å²) < 4.78 is 0. The topological polar surface area (TPSA) is 26.0 Å². The monoisotopic (exact) mass is 227 g/mol. The predicted molar refractivity (Wildman–Crippen MR) is 68.5 cm³/mol. The lowest BCUT2D eigenvalue weighted by molar-refractivity contribution is 1.04. The highest BCUT2D eigenvalue weighted by Gasteiger charge is 2.11. The van der Waals surface area contributed by atoms with Crippen molar-refractivity contribution in [2.45, 2.75) is 30.1 Å². The Morgan fingerprint density at radius 3 is 2.36 bits per heavy atom. The smallest absolute Gasteiger partial charge is 0.0593 e. The van der Waals surface area contributed by atoms with Crippen LogP contribution in [0.1, 0.15) is 18.1 Å². The van der Waals surface area contributed by atoms with Crippen LogP contribution in [0.4, 0.5) is 5.69 Å². The number of thioether (sulfide) groups is 2. The zero-order valence-electron chi connectivity index (χ0n) is 9.18. The van der Waals surface area contributed by atoms with E-state index in [1.54, 1.807) is 23.5 Å². The average molecular weight is 227 g/mol. The number of hydrogen-bond acceptors (Lipinski definition) is 3. The molecule has 78 valence electrons. The van der Waals surface area contributed by atoms with Crippen LogP contribution >= 0.6 is 23.5 Å². The third-order valence-electron chi connectivity index (χ3n) is 2.39. The molecule has 0 aromatic heterocycles. The lowest BCUT2D eigenvalue weighted by Crippen LogP contribution is -1.99. The first-order valence-electron chi connectivity index (χ1n) is 4.65. The van der Waals surface area contributed by atoms with Crippen LogP contribution in [-0.4, -0.2) is 12.5 Å². The molecule has 1 nitrogen and oxygen atoms in total. The molecule has 0 aliphatic heterocycles. The van der Waals surface area contributed by atoms with E-state index in [0.29, 0.717) is 0 Å². The second-order valence-corrected chi connectivity index (χ2v) is 4.84. The molecule has 0 aliphatic rings. The van der Waals surface area contributed by atoms with E-state index < -0.39 is 0 Å². The first kappa shape index (κ1) is 11.8. The Kier molecular flexibility index (Phi) is 4.20. The minimum atomic E-state index is 0.951. The van der Waals surface area contributed by atoms with Crippen molar-refractivity contribution in [3.63, 3.8) is 0 Å². The zero-order valence-corrected chi connectivity index (χ0v) is 10.8. The molecule has 0 spiro atoms. The maximum atomic E-state index is 6.11. The molecular formula is C11H17NS2. The van der Waals surface area contributed by atoms with Crippen molar-refractivity contribution in [2.75, 3.05) is 18.2 Å². The molecule has 14 heavy (non-hydrogen) atoms. The van der Waals surface area contributed by atoms with Crippen LogP contribution in [0.3, 0.4) is 0 Å². The maximum absolute atomic E-state index is 6.11. The third kappa shape index (κ3) is 2.04. The van der Waals surface area contributed by atoms with E-state index in [2.05, 4.69) is 32.4 Å². The Morgan fingerprint density at radius 2 is 1.93 bits per heavy atom. The van der Waals surface area contributed by atoms with Gasteiger partial charge in [-0.2, -0.15) is 0 Å². The van der Waals surface area contributed by atoms with Crippen molar-refractivity contribution >= 4 is 29.2 Å². The van der Waals surface area contributed by atoms with Crippen molar-refractivity contribution in [3.8, 4) is 0 Å². The van der Waals surface area contributed by atoms with E-state index in [1.165, 1.54) is 20.9 Å². The quantitative estimate of drug-likeness (QED) is 0.631. The fourth-order valence-electron chi connectivity index (χ4n) is 1.66. The highest BCUT2D eigenvalue weighted by Crippen LogP contribution is 2.36. The van der Waals surface area contributed by atoms with Gasteiger partial charge in [0, 0.05) is 9.79 Å². The number of hydrogen-bond donors (Lipinski definition) is 1. The Hall–Kier alpha value is -0.280. The SMILES string of the molecule is CCc1c(C)cc(SC)c(N)c1SC. The van der Waals surface area contributed by atoms with Gasteiger partial charge in [-0.3, -0.25) is 0 Å². The van der Waals surface area contributed by atoms with E-state index in [9.17, 15) is 0 Å². The number of anilines is 1. The molecule has 0 saturated heterocycles. The van der Waals surface area contributed by atoms with Crippen LogP contribution in [0, 0.1) is 6.92 Å². The fourth-order valence-corrected chi connectivity index (χ4v) is 3.22. The summed E-state index contributed by atoms with van der Waals surface area (Å²) in [6.07, 6.45) is 5.22. The van der Waals surface area contributed by atoms with Crippen molar-refractivity contribution in [1.82, 2.24) is 0 Å². The Morgan fingerprint density at radius 1 is 1.29 bits per heavy atom. The second-order valence-electron chi connectivity index (χ2n) is 3.17. The van der Waals surface area contributed by atoms with Crippen LogP contribution in [0.15, 0.2) is 15.9 Å². The van der Waals surface area contributed by atoms with Crippen molar-refractivity contribution in [1.29, 1.82) is 0 Å². The second kappa shape index (κ2) is 4.99. The average Bonchev–Trinajstić information content (AvgIpc) is 2.20. The highest BCUT2D eigenvalue weighted by atomic mass is 32.2. The van der Waals surface area contributed by atoms with Crippen LogP contribution in [0.5, 0.6) is 0 Å². The lowest BCUT2D eigenvalue weighted by Gasteiger charge is -2.15. The van der Waals surface area contributed by atoms with Gasteiger partial charge in [0.05, 0.1) is 5.69 Å². The van der Waals surface area contributed by atoms with Gasteiger partial charge >= 0.3 is 0 Å². The molecule has 0 heterocycles. The van der Waals surface area contributed by atoms with Crippen LogP contribution < -0.4 is 5.73 Å². The molecule has 0 saturated carbocycles. The molecule has 1 aromatic rings. The van der Waals surface area contributed by atoms with Gasteiger partial charge in [-0.25, -0.2) is 0 Å². The molecule has 0 bridgehead atoms. The molecule has 1 rings (SSSR count). The summed E-state index contributed by atoms with van der Waals surface area (Å²) in [4.78, 5) is 2.46. The van der Waals surface area contributed by atoms with Crippen molar-refractivity contribution in [2.24, 2.45) is 0 Å². The molecule has 0 fully saturated rings. The standard InChI is InChI=1S/C11H17NS2/c1-5-8-7(2)6-9(13-3)10(12)11(8)14-4/h6H,5,12H2,1-4H3. The van der Waals surface area contributed by atoms with Crippen LogP contribution in [0.25, 0.3) is 0 Å². The number of aryl methyl sites for hydroxylation is 1. The van der Waals surface area contributed by atoms with Crippen molar-refractivity contribution in [3.05, 3.63) is 17.2 Å². The Bertz CT molecular complexity index is 335. The first-order valence-corrected chi connectivity index (χ1v) is 7.10. The van der Waals surface area contributed by atoms with E-state index in [1.807, 2.05) is 0 Å². The summed E-state index contributed by atoms with van der Waals surface area (Å²) in [5.74, 6) is 0. The number of nitrogens with two attached hydrogens (primary N) is 1. The lowest BCUT2D eigenvalue weighted by atomic mass is 10.1. The number of benzene rings is 1. The molecule has 2 N–H and O–H groups in total. The first-order chi connectivity index (χ1) is 6.65. The minimum Gasteiger partial charge on any atom is -0.397 e. The highest BCUT2D eigenvalue weighted by molar-refractivity contribution is 7.99. The molecule has 0 unspecified atom stereocenters. The Balaban J connectivity index is 3.40. The minimum absolute atomic E-state index is 0.951. The van der Waals surface area contributed by atoms with Crippen molar-refractivity contribution < 1.29 is 0 Å². The molecule has 3 heteroatoms. The van der Waals surface area contributed by atoms with Gasteiger partial charge in [-0.15, -0.1) is 23.5 Å². The van der Waals surface area contributed by atoms with Crippen LogP contribution in [-0.2, 0) is 6.42 Å². The number of nitrogen functional groups attached to an aromatic ring is 1. The Labute approximate surface area is 94.8 Å². The van der Waals surface area contributed by atoms with Gasteiger partial charge < -0.3 is 5.73 Å². The van der Waals surface area contributed by atoms with Gasteiger partial charge in [-0.05, 0) is 43.0 Å². The van der Waals surface area contributed by atoms with E-state index in [-0.39, 0.29) is 0 Å². The summed E-state index contributed by atoms with van der Waals surface area (Å²) in [5, 5.41) is 0. The normalized spacial score (nSPS) is 10.6. The molecule has 1 aromatic carbocycles. The van der Waals surface area contributed by atoms with Crippen LogP contribution in [0.2, 0.25) is 0 Å². The summed E-state index contributed by atoms with van der Waals surface area (Å²) >= 11 is 3.47. The molecule has 0 amide bonds.